The van der Waals surface area contributed by atoms with Gasteiger partial charge in [0.2, 0.25) is 0 Å². The van der Waals surface area contributed by atoms with Gasteiger partial charge in [0.15, 0.2) is 5.82 Å². The molecule has 2 amide bonds. The van der Waals surface area contributed by atoms with E-state index < -0.39 is 0 Å². The molecule has 1 aromatic carbocycles. The maximum Gasteiger partial charge on any atom is 0.289 e. The molecule has 0 radical (unpaired) electrons. The van der Waals surface area contributed by atoms with Crippen molar-refractivity contribution in [1.82, 2.24) is 24.7 Å². The standard InChI is InChI=1S/C22H29N5O2/c1-16(17-8-4-3-5-9-17)23-21(28)19-18-10-6-7-11-27(18)20(24-19)22(29)26-14-12-25(2)13-15-26/h3-5,8-9,16H,6-7,10-15H2,1-2H3,(H,23,28). The van der Waals surface area contributed by atoms with Gasteiger partial charge >= 0.3 is 0 Å². The van der Waals surface area contributed by atoms with E-state index in [-0.39, 0.29) is 17.9 Å². The van der Waals surface area contributed by atoms with Crippen LogP contribution in [0.3, 0.4) is 0 Å². The van der Waals surface area contributed by atoms with Crippen molar-refractivity contribution in [1.29, 1.82) is 0 Å². The number of rotatable bonds is 4. The molecule has 2 aromatic rings. The zero-order valence-corrected chi connectivity index (χ0v) is 17.2. The summed E-state index contributed by atoms with van der Waals surface area (Å²) in [6.45, 7) is 5.83. The Balaban J connectivity index is 1.57. The van der Waals surface area contributed by atoms with Gasteiger partial charge in [-0.25, -0.2) is 4.98 Å². The highest BCUT2D eigenvalue weighted by Gasteiger charge is 2.31. The van der Waals surface area contributed by atoms with Gasteiger partial charge in [0, 0.05) is 32.7 Å². The monoisotopic (exact) mass is 395 g/mol. The van der Waals surface area contributed by atoms with Crippen molar-refractivity contribution >= 4 is 11.8 Å². The number of hydrogen-bond donors (Lipinski definition) is 1. The molecule has 4 rings (SSSR count). The number of amides is 2. The number of hydrogen-bond acceptors (Lipinski definition) is 4. The SMILES string of the molecule is CC(NC(=O)c1nc(C(=O)N2CCN(C)CC2)n2c1CCCC2)c1ccccc1. The van der Waals surface area contributed by atoms with E-state index in [9.17, 15) is 9.59 Å². The lowest BCUT2D eigenvalue weighted by atomic mass is 10.1. The molecule has 1 unspecified atom stereocenters. The highest BCUT2D eigenvalue weighted by Crippen LogP contribution is 2.23. The molecule has 1 fully saturated rings. The van der Waals surface area contributed by atoms with Crippen LogP contribution in [0.25, 0.3) is 0 Å². The normalized spacial score (nSPS) is 18.2. The van der Waals surface area contributed by atoms with E-state index >= 15 is 0 Å². The predicted molar refractivity (Wildman–Crippen MR) is 111 cm³/mol. The van der Waals surface area contributed by atoms with E-state index in [1.54, 1.807) is 0 Å². The van der Waals surface area contributed by atoms with Crippen LogP contribution in [0.5, 0.6) is 0 Å². The van der Waals surface area contributed by atoms with Gasteiger partial charge in [-0.2, -0.15) is 0 Å². The number of likely N-dealkylation sites (N-methyl/N-ethyl adjacent to an activating group) is 1. The fraction of sp³-hybridized carbons (Fsp3) is 0.500. The molecule has 0 saturated carbocycles. The van der Waals surface area contributed by atoms with Gasteiger partial charge in [0.25, 0.3) is 11.8 Å². The van der Waals surface area contributed by atoms with Crippen LogP contribution in [0.2, 0.25) is 0 Å². The Morgan fingerprint density at radius 3 is 2.48 bits per heavy atom. The van der Waals surface area contributed by atoms with E-state index in [1.807, 2.05) is 46.7 Å². The fourth-order valence-corrected chi connectivity index (χ4v) is 4.13. The zero-order valence-electron chi connectivity index (χ0n) is 17.2. The van der Waals surface area contributed by atoms with E-state index in [0.717, 1.165) is 50.2 Å². The van der Waals surface area contributed by atoms with E-state index in [2.05, 4.69) is 22.2 Å². The first-order valence-electron chi connectivity index (χ1n) is 10.5. The molecule has 1 aromatic heterocycles. The molecule has 7 nitrogen and oxygen atoms in total. The van der Waals surface area contributed by atoms with E-state index in [0.29, 0.717) is 24.6 Å². The van der Waals surface area contributed by atoms with Gasteiger partial charge in [-0.05, 0) is 38.8 Å². The number of carbonyl (C=O) groups is 2. The van der Waals surface area contributed by atoms with Gasteiger partial charge in [-0.1, -0.05) is 30.3 Å². The lowest BCUT2D eigenvalue weighted by Crippen LogP contribution is -2.47. The number of carbonyl (C=O) groups excluding carboxylic acids is 2. The van der Waals surface area contributed by atoms with Crippen LogP contribution in [-0.2, 0) is 13.0 Å². The number of benzene rings is 1. The molecule has 1 N–H and O–H groups in total. The zero-order chi connectivity index (χ0) is 20.4. The molecule has 29 heavy (non-hydrogen) atoms. The number of nitrogens with zero attached hydrogens (tertiary/aromatic N) is 4. The highest BCUT2D eigenvalue weighted by atomic mass is 16.2. The van der Waals surface area contributed by atoms with Crippen LogP contribution in [0.1, 0.15) is 58.2 Å². The molecule has 3 heterocycles. The summed E-state index contributed by atoms with van der Waals surface area (Å²) in [6, 6.07) is 9.75. The van der Waals surface area contributed by atoms with Crippen molar-refractivity contribution in [3.8, 4) is 0 Å². The topological polar surface area (TPSA) is 70.5 Å². The fourth-order valence-electron chi connectivity index (χ4n) is 4.13. The van der Waals surface area contributed by atoms with Crippen LogP contribution < -0.4 is 5.32 Å². The van der Waals surface area contributed by atoms with E-state index in [4.69, 9.17) is 0 Å². The summed E-state index contributed by atoms with van der Waals surface area (Å²) in [5, 5.41) is 3.05. The summed E-state index contributed by atoms with van der Waals surface area (Å²) in [5.74, 6) is 0.155. The average Bonchev–Trinajstić information content (AvgIpc) is 3.14. The van der Waals surface area contributed by atoms with Crippen molar-refractivity contribution < 1.29 is 9.59 Å². The molecule has 0 spiro atoms. The second-order valence-electron chi connectivity index (χ2n) is 8.04. The Kier molecular flexibility index (Phi) is 5.67. The van der Waals surface area contributed by atoms with Gasteiger partial charge < -0.3 is 19.7 Å². The lowest BCUT2D eigenvalue weighted by molar-refractivity contribution is 0.0645. The molecule has 1 saturated heterocycles. The number of piperazine rings is 1. The van der Waals surface area contributed by atoms with E-state index in [1.165, 1.54) is 0 Å². The number of nitrogens with one attached hydrogen (secondary N) is 1. The maximum absolute atomic E-state index is 13.2. The number of fused-ring (bicyclic) bond motifs is 1. The average molecular weight is 396 g/mol. The number of aromatic nitrogens is 2. The Labute approximate surface area is 171 Å². The van der Waals surface area contributed by atoms with Crippen molar-refractivity contribution in [3.05, 3.63) is 53.1 Å². The molecule has 7 heteroatoms. The van der Waals surface area contributed by atoms with Crippen molar-refractivity contribution in [2.45, 2.75) is 38.8 Å². The first kappa shape index (κ1) is 19.6. The quantitative estimate of drug-likeness (QED) is 0.861. The molecular formula is C22H29N5O2. The molecular weight excluding hydrogens is 366 g/mol. The van der Waals surface area contributed by atoms with Gasteiger partial charge in [0.05, 0.1) is 11.7 Å². The first-order chi connectivity index (χ1) is 14.0. The molecule has 1 atom stereocenters. The largest absolute Gasteiger partial charge is 0.344 e. The third-order valence-electron chi connectivity index (χ3n) is 5.96. The summed E-state index contributed by atoms with van der Waals surface area (Å²) in [7, 11) is 2.07. The smallest absolute Gasteiger partial charge is 0.289 e. The molecule has 154 valence electrons. The summed E-state index contributed by atoms with van der Waals surface area (Å²) in [4.78, 5) is 34.8. The van der Waals surface area contributed by atoms with Gasteiger partial charge in [0.1, 0.15) is 5.69 Å². The predicted octanol–water partition coefficient (Wildman–Crippen LogP) is 2.10. The van der Waals surface area contributed by atoms with Gasteiger partial charge in [-0.3, -0.25) is 9.59 Å². The van der Waals surface area contributed by atoms with Crippen LogP contribution in [-0.4, -0.2) is 64.4 Å². The minimum atomic E-state index is -0.204. The highest BCUT2D eigenvalue weighted by molar-refractivity contribution is 5.97. The van der Waals surface area contributed by atoms with Crippen molar-refractivity contribution in [3.63, 3.8) is 0 Å². The van der Waals surface area contributed by atoms with Crippen LogP contribution in [0.15, 0.2) is 30.3 Å². The first-order valence-corrected chi connectivity index (χ1v) is 10.5. The van der Waals surface area contributed by atoms with Crippen LogP contribution in [0, 0.1) is 0 Å². The van der Waals surface area contributed by atoms with Crippen LogP contribution in [0.4, 0.5) is 0 Å². The summed E-state index contributed by atoms with van der Waals surface area (Å²) in [5.41, 5.74) is 2.35. The molecule has 2 aliphatic rings. The molecule has 2 aliphatic heterocycles. The summed E-state index contributed by atoms with van der Waals surface area (Å²) < 4.78 is 1.98. The Bertz CT molecular complexity index is 884. The Morgan fingerprint density at radius 1 is 1.03 bits per heavy atom. The van der Waals surface area contributed by atoms with Crippen LogP contribution >= 0.6 is 0 Å². The van der Waals surface area contributed by atoms with Crippen molar-refractivity contribution in [2.75, 3.05) is 33.2 Å². The third kappa shape index (κ3) is 4.05. The molecule has 0 bridgehead atoms. The minimum Gasteiger partial charge on any atom is -0.344 e. The molecule has 0 aliphatic carbocycles. The lowest BCUT2D eigenvalue weighted by Gasteiger charge is -2.32. The Hall–Kier alpha value is -2.67. The van der Waals surface area contributed by atoms with Crippen molar-refractivity contribution in [2.24, 2.45) is 0 Å². The number of imidazole rings is 1. The second-order valence-corrected chi connectivity index (χ2v) is 8.04. The maximum atomic E-state index is 13.2. The third-order valence-corrected chi connectivity index (χ3v) is 5.96. The second kappa shape index (κ2) is 8.37. The van der Waals surface area contributed by atoms with Gasteiger partial charge in [-0.15, -0.1) is 0 Å². The Morgan fingerprint density at radius 2 is 1.76 bits per heavy atom. The summed E-state index contributed by atoms with van der Waals surface area (Å²) >= 11 is 0. The minimum absolute atomic E-state index is 0.0589. The summed E-state index contributed by atoms with van der Waals surface area (Å²) in [6.07, 6.45) is 2.81.